The fourth-order valence-electron chi connectivity index (χ4n) is 3.29. The van der Waals surface area contributed by atoms with Crippen molar-refractivity contribution in [3.63, 3.8) is 0 Å². The minimum absolute atomic E-state index is 0.0682. The number of aliphatic hydroxyl groups is 1. The van der Waals surface area contributed by atoms with E-state index in [4.69, 9.17) is 0 Å². The third-order valence-electron chi connectivity index (χ3n) is 4.73. The van der Waals surface area contributed by atoms with Gasteiger partial charge in [-0.15, -0.1) is 0 Å². The predicted molar refractivity (Wildman–Crippen MR) is 72.0 cm³/mol. The largest absolute Gasteiger partial charge is 0.392 e. The summed E-state index contributed by atoms with van der Waals surface area (Å²) in [5, 5.41) is 10.5. The monoisotopic (exact) mass is 250 g/mol. The highest BCUT2D eigenvalue weighted by molar-refractivity contribution is 5.27. The van der Waals surface area contributed by atoms with E-state index >= 15 is 0 Å². The van der Waals surface area contributed by atoms with E-state index in [0.717, 1.165) is 30.4 Å². The quantitative estimate of drug-likeness (QED) is 0.856. The summed E-state index contributed by atoms with van der Waals surface area (Å²) in [7, 11) is 0. The van der Waals surface area contributed by atoms with Gasteiger partial charge in [0, 0.05) is 0 Å². The smallest absolute Gasteiger partial charge is 0.123 e. The van der Waals surface area contributed by atoms with Crippen molar-refractivity contribution in [3.05, 3.63) is 35.1 Å². The lowest BCUT2D eigenvalue weighted by Gasteiger charge is -2.33. The number of rotatable bonds is 4. The molecule has 0 bridgehead atoms. The summed E-state index contributed by atoms with van der Waals surface area (Å²) in [6.07, 6.45) is 5.91. The molecule has 2 heteroatoms. The molecule has 1 saturated carbocycles. The molecular weight excluding hydrogens is 227 g/mol. The van der Waals surface area contributed by atoms with Gasteiger partial charge >= 0.3 is 0 Å². The second-order valence-electron chi connectivity index (χ2n) is 5.71. The van der Waals surface area contributed by atoms with Gasteiger partial charge in [-0.1, -0.05) is 25.8 Å². The molecule has 0 aliphatic heterocycles. The van der Waals surface area contributed by atoms with Gasteiger partial charge in [-0.3, -0.25) is 0 Å². The first kappa shape index (κ1) is 13.5. The van der Waals surface area contributed by atoms with Crippen molar-refractivity contribution >= 4 is 0 Å². The van der Waals surface area contributed by atoms with Crippen LogP contribution in [0, 0.1) is 18.2 Å². The molecule has 1 aromatic carbocycles. The second-order valence-corrected chi connectivity index (χ2v) is 5.71. The summed E-state index contributed by atoms with van der Waals surface area (Å²) in [6, 6.07) is 4.85. The molecule has 1 N–H and O–H groups in total. The highest BCUT2D eigenvalue weighted by Crippen LogP contribution is 2.44. The van der Waals surface area contributed by atoms with Crippen molar-refractivity contribution in [2.45, 2.75) is 58.5 Å². The van der Waals surface area contributed by atoms with Crippen LogP contribution in [0.1, 0.15) is 50.2 Å². The summed E-state index contributed by atoms with van der Waals surface area (Å²) < 4.78 is 13.3. The molecule has 1 nitrogen and oxygen atoms in total. The molecule has 0 saturated heterocycles. The molecule has 0 amide bonds. The Bertz CT molecular complexity index is 408. The maximum absolute atomic E-state index is 13.3. The maximum atomic E-state index is 13.3. The molecule has 0 spiro atoms. The number of aryl methyl sites for hydroxylation is 1. The Kier molecular flexibility index (Phi) is 4.06. The van der Waals surface area contributed by atoms with Gasteiger partial charge in [-0.25, -0.2) is 4.39 Å². The van der Waals surface area contributed by atoms with E-state index in [9.17, 15) is 9.50 Å². The molecule has 18 heavy (non-hydrogen) atoms. The lowest BCUT2D eigenvalue weighted by atomic mass is 9.75. The van der Waals surface area contributed by atoms with E-state index in [2.05, 4.69) is 6.92 Å². The number of aliphatic hydroxyl groups excluding tert-OH is 1. The summed E-state index contributed by atoms with van der Waals surface area (Å²) in [4.78, 5) is 0. The van der Waals surface area contributed by atoms with E-state index in [1.807, 2.05) is 6.92 Å². The van der Waals surface area contributed by atoms with Crippen molar-refractivity contribution in [3.8, 4) is 0 Å². The normalized spacial score (nSPS) is 20.0. The van der Waals surface area contributed by atoms with E-state index in [1.165, 1.54) is 18.9 Å². The van der Waals surface area contributed by atoms with Crippen molar-refractivity contribution < 1.29 is 9.50 Å². The van der Waals surface area contributed by atoms with Crippen LogP contribution in [0.4, 0.5) is 4.39 Å². The van der Waals surface area contributed by atoms with Crippen LogP contribution in [0.15, 0.2) is 18.2 Å². The van der Waals surface area contributed by atoms with Crippen LogP contribution in [0.3, 0.4) is 0 Å². The summed E-state index contributed by atoms with van der Waals surface area (Å²) in [5.74, 6) is -0.209. The Balaban J connectivity index is 2.15. The average Bonchev–Trinajstić information content (AvgIpc) is 2.84. The fourth-order valence-corrected chi connectivity index (χ4v) is 3.29. The molecule has 1 aromatic rings. The molecule has 100 valence electrons. The van der Waals surface area contributed by atoms with Crippen LogP contribution in [-0.2, 0) is 6.42 Å². The predicted octanol–water partition coefficient (Wildman–Crippen LogP) is 4.01. The molecule has 1 atom stereocenters. The average molecular weight is 250 g/mol. The topological polar surface area (TPSA) is 20.2 Å². The number of hydrogen-bond donors (Lipinski definition) is 1. The van der Waals surface area contributed by atoms with Gasteiger partial charge in [-0.2, -0.15) is 0 Å². The van der Waals surface area contributed by atoms with E-state index in [0.29, 0.717) is 6.42 Å². The molecule has 1 unspecified atom stereocenters. The van der Waals surface area contributed by atoms with Crippen molar-refractivity contribution in [1.29, 1.82) is 0 Å². The Morgan fingerprint density at radius 2 is 2.00 bits per heavy atom. The zero-order valence-electron chi connectivity index (χ0n) is 11.4. The van der Waals surface area contributed by atoms with Crippen LogP contribution >= 0.6 is 0 Å². The molecule has 0 radical (unpaired) electrons. The first-order chi connectivity index (χ1) is 8.57. The van der Waals surface area contributed by atoms with Gasteiger partial charge in [0.1, 0.15) is 5.82 Å². The van der Waals surface area contributed by atoms with Crippen molar-refractivity contribution in [2.24, 2.45) is 5.41 Å². The Hall–Kier alpha value is -0.890. The Morgan fingerprint density at radius 3 is 2.61 bits per heavy atom. The third kappa shape index (κ3) is 2.59. The first-order valence-electron chi connectivity index (χ1n) is 7.00. The van der Waals surface area contributed by atoms with E-state index < -0.39 is 0 Å². The highest BCUT2D eigenvalue weighted by atomic mass is 19.1. The Morgan fingerprint density at radius 1 is 1.33 bits per heavy atom. The molecule has 1 aliphatic carbocycles. The standard InChI is InChI=1S/C16H23FO/c1-3-16(8-4-5-9-16)15(18)11-13-10-14(17)7-6-12(13)2/h6-7,10,15,18H,3-5,8-9,11H2,1-2H3. The third-order valence-corrected chi connectivity index (χ3v) is 4.73. The number of benzene rings is 1. The maximum Gasteiger partial charge on any atom is 0.123 e. The van der Waals surface area contributed by atoms with Gasteiger partial charge in [0.15, 0.2) is 0 Å². The summed E-state index contributed by atoms with van der Waals surface area (Å²) in [5.41, 5.74) is 2.08. The molecule has 1 fully saturated rings. The molecule has 2 rings (SSSR count). The van der Waals surface area contributed by atoms with E-state index in [-0.39, 0.29) is 17.3 Å². The summed E-state index contributed by atoms with van der Waals surface area (Å²) in [6.45, 7) is 4.14. The van der Waals surface area contributed by atoms with Crippen LogP contribution in [0.25, 0.3) is 0 Å². The fraction of sp³-hybridized carbons (Fsp3) is 0.625. The lowest BCUT2D eigenvalue weighted by molar-refractivity contribution is 0.0256. The van der Waals surface area contributed by atoms with Crippen molar-refractivity contribution in [1.82, 2.24) is 0 Å². The minimum Gasteiger partial charge on any atom is -0.392 e. The van der Waals surface area contributed by atoms with E-state index in [1.54, 1.807) is 12.1 Å². The number of hydrogen-bond acceptors (Lipinski definition) is 1. The SMILES string of the molecule is CCC1(C(O)Cc2cc(F)ccc2C)CCCC1. The van der Waals surface area contributed by atoms with Crippen molar-refractivity contribution in [2.75, 3.05) is 0 Å². The number of halogens is 1. The van der Waals surface area contributed by atoms with Crippen LogP contribution in [0.2, 0.25) is 0 Å². The minimum atomic E-state index is -0.342. The molecule has 1 aliphatic rings. The Labute approximate surface area is 109 Å². The first-order valence-corrected chi connectivity index (χ1v) is 7.00. The molecule has 0 aromatic heterocycles. The van der Waals surface area contributed by atoms with Crippen LogP contribution < -0.4 is 0 Å². The zero-order valence-corrected chi connectivity index (χ0v) is 11.4. The van der Waals surface area contributed by atoms with Crippen LogP contribution in [-0.4, -0.2) is 11.2 Å². The van der Waals surface area contributed by atoms with Gasteiger partial charge in [-0.05, 0) is 61.3 Å². The van der Waals surface area contributed by atoms with Gasteiger partial charge in [0.25, 0.3) is 0 Å². The van der Waals surface area contributed by atoms with Gasteiger partial charge < -0.3 is 5.11 Å². The molecule has 0 heterocycles. The highest BCUT2D eigenvalue weighted by Gasteiger charge is 2.38. The van der Waals surface area contributed by atoms with Gasteiger partial charge in [0.05, 0.1) is 6.10 Å². The second kappa shape index (κ2) is 5.40. The van der Waals surface area contributed by atoms with Crippen LogP contribution in [0.5, 0.6) is 0 Å². The summed E-state index contributed by atoms with van der Waals surface area (Å²) >= 11 is 0. The lowest BCUT2D eigenvalue weighted by Crippen LogP contribution is -2.34. The zero-order chi connectivity index (χ0) is 13.2. The van der Waals surface area contributed by atoms with Gasteiger partial charge in [0.2, 0.25) is 0 Å². The molecular formula is C16H23FO.